The smallest absolute Gasteiger partial charge is 0.387 e. The van der Waals surface area contributed by atoms with Gasteiger partial charge in [0.2, 0.25) is 0 Å². The highest BCUT2D eigenvalue weighted by Crippen LogP contribution is 2.25. The first kappa shape index (κ1) is 24.0. The molecule has 0 radical (unpaired) electrons. The number of anilines is 1. The minimum Gasteiger partial charge on any atom is -0.497 e. The second-order valence-electron chi connectivity index (χ2n) is 6.80. The fourth-order valence-electron chi connectivity index (χ4n) is 2.87. The van der Waals surface area contributed by atoms with Crippen molar-refractivity contribution in [3.63, 3.8) is 0 Å². The number of ether oxygens (including phenoxy) is 3. The number of esters is 1. The summed E-state index contributed by atoms with van der Waals surface area (Å²) in [6.45, 7) is -3.06. The molecule has 10 heteroatoms. The van der Waals surface area contributed by atoms with Crippen LogP contribution in [0.15, 0.2) is 77.7 Å². The summed E-state index contributed by atoms with van der Waals surface area (Å²) in [5, 5.41) is 0. The number of alkyl halides is 2. The number of hydrogen-bond acceptors (Lipinski definition) is 6. The van der Waals surface area contributed by atoms with E-state index in [-0.39, 0.29) is 22.8 Å². The van der Waals surface area contributed by atoms with Crippen LogP contribution in [-0.4, -0.2) is 35.2 Å². The fourth-order valence-corrected chi connectivity index (χ4v) is 4.11. The second-order valence-corrected chi connectivity index (χ2v) is 8.77. The van der Waals surface area contributed by atoms with Crippen molar-refractivity contribution < 1.29 is 36.2 Å². The van der Waals surface area contributed by atoms with Crippen molar-refractivity contribution in [1.82, 2.24) is 0 Å². The third kappa shape index (κ3) is 5.98. The molecule has 0 saturated heterocycles. The molecule has 0 heterocycles. The van der Waals surface area contributed by atoms with Crippen LogP contribution in [-0.2, 0) is 21.4 Å². The van der Waals surface area contributed by atoms with Gasteiger partial charge in [-0.05, 0) is 60.2 Å². The maximum Gasteiger partial charge on any atom is 0.387 e. The van der Waals surface area contributed by atoms with E-state index in [2.05, 4.69) is 4.74 Å². The average Bonchev–Trinajstić information content (AvgIpc) is 2.82. The first-order valence-electron chi connectivity index (χ1n) is 9.64. The van der Waals surface area contributed by atoms with Crippen molar-refractivity contribution in [2.75, 3.05) is 18.5 Å². The SMILES string of the molecule is COc1ccc(N(C)S(=O)(=O)c2cccc(C(=O)OCc3ccc(OC(F)F)cc3)c2)cc1. The van der Waals surface area contributed by atoms with Gasteiger partial charge in [-0.25, -0.2) is 13.2 Å². The van der Waals surface area contributed by atoms with E-state index in [9.17, 15) is 22.0 Å². The number of halogens is 2. The van der Waals surface area contributed by atoms with Gasteiger partial charge in [0.05, 0.1) is 23.3 Å². The lowest BCUT2D eigenvalue weighted by Crippen LogP contribution is -2.26. The number of nitrogens with zero attached hydrogens (tertiary/aromatic N) is 1. The van der Waals surface area contributed by atoms with Crippen LogP contribution >= 0.6 is 0 Å². The zero-order valence-electron chi connectivity index (χ0n) is 17.8. The highest BCUT2D eigenvalue weighted by molar-refractivity contribution is 7.92. The van der Waals surface area contributed by atoms with Gasteiger partial charge in [0.15, 0.2) is 0 Å². The summed E-state index contributed by atoms with van der Waals surface area (Å²) in [7, 11) is -1.02. The molecule has 7 nitrogen and oxygen atoms in total. The van der Waals surface area contributed by atoms with Crippen molar-refractivity contribution in [3.8, 4) is 11.5 Å². The predicted molar refractivity (Wildman–Crippen MR) is 117 cm³/mol. The van der Waals surface area contributed by atoms with Crippen LogP contribution < -0.4 is 13.8 Å². The molecule has 0 fully saturated rings. The van der Waals surface area contributed by atoms with Gasteiger partial charge in [-0.15, -0.1) is 0 Å². The van der Waals surface area contributed by atoms with Crippen molar-refractivity contribution >= 4 is 21.7 Å². The van der Waals surface area contributed by atoms with Gasteiger partial charge < -0.3 is 14.2 Å². The molecule has 0 spiro atoms. The number of sulfonamides is 1. The maximum atomic E-state index is 13.0. The van der Waals surface area contributed by atoms with Crippen LogP contribution in [0.1, 0.15) is 15.9 Å². The lowest BCUT2D eigenvalue weighted by Gasteiger charge is -2.20. The molecular weight excluding hydrogens is 456 g/mol. The summed E-state index contributed by atoms with van der Waals surface area (Å²) >= 11 is 0. The Morgan fingerprint density at radius 1 is 0.970 bits per heavy atom. The minimum absolute atomic E-state index is 0.0148. The zero-order chi connectivity index (χ0) is 24.0. The van der Waals surface area contributed by atoms with Crippen LogP contribution in [0, 0.1) is 0 Å². The van der Waals surface area contributed by atoms with E-state index in [1.54, 1.807) is 24.3 Å². The van der Waals surface area contributed by atoms with Crippen LogP contribution in [0.4, 0.5) is 14.5 Å². The van der Waals surface area contributed by atoms with E-state index in [1.165, 1.54) is 62.7 Å². The van der Waals surface area contributed by atoms with Crippen molar-refractivity contribution in [1.29, 1.82) is 0 Å². The molecule has 33 heavy (non-hydrogen) atoms. The Labute approximate surface area is 190 Å². The molecule has 0 amide bonds. The highest BCUT2D eigenvalue weighted by Gasteiger charge is 2.23. The number of methoxy groups -OCH3 is 1. The van der Waals surface area contributed by atoms with Gasteiger partial charge in [0, 0.05) is 7.05 Å². The van der Waals surface area contributed by atoms with Gasteiger partial charge in [0.1, 0.15) is 18.1 Å². The van der Waals surface area contributed by atoms with E-state index >= 15 is 0 Å². The molecule has 0 aromatic heterocycles. The molecule has 0 saturated carbocycles. The third-order valence-electron chi connectivity index (χ3n) is 4.68. The molecular formula is C23H21F2NO6S. The quantitative estimate of drug-likeness (QED) is 0.423. The third-order valence-corrected chi connectivity index (χ3v) is 6.46. The molecule has 0 bridgehead atoms. The zero-order valence-corrected chi connectivity index (χ0v) is 18.6. The summed E-state index contributed by atoms with van der Waals surface area (Å²) in [5.41, 5.74) is 1.02. The summed E-state index contributed by atoms with van der Waals surface area (Å²) in [4.78, 5) is 12.4. The summed E-state index contributed by atoms with van der Waals surface area (Å²) in [6.07, 6.45) is 0. The minimum atomic E-state index is -3.94. The summed E-state index contributed by atoms with van der Waals surface area (Å²) in [6, 6.07) is 17.6. The van der Waals surface area contributed by atoms with Crippen LogP contribution in [0.25, 0.3) is 0 Å². The van der Waals surface area contributed by atoms with Crippen molar-refractivity contribution in [3.05, 3.63) is 83.9 Å². The number of benzene rings is 3. The van der Waals surface area contributed by atoms with Crippen LogP contribution in [0.2, 0.25) is 0 Å². The van der Waals surface area contributed by atoms with Gasteiger partial charge in [-0.3, -0.25) is 4.31 Å². The highest BCUT2D eigenvalue weighted by atomic mass is 32.2. The molecule has 0 unspecified atom stereocenters. The molecule has 3 aromatic rings. The van der Waals surface area contributed by atoms with Crippen LogP contribution in [0.5, 0.6) is 11.5 Å². The molecule has 174 valence electrons. The normalized spacial score (nSPS) is 11.2. The summed E-state index contributed by atoms with van der Waals surface area (Å²) in [5.74, 6) is -0.156. The largest absolute Gasteiger partial charge is 0.497 e. The number of hydrogen-bond donors (Lipinski definition) is 0. The summed E-state index contributed by atoms with van der Waals surface area (Å²) < 4.78 is 66.1. The first-order valence-corrected chi connectivity index (χ1v) is 11.1. The Bertz CT molecular complexity index is 1200. The standard InChI is InChI=1S/C23H21F2NO6S/c1-26(18-8-12-19(30-2)13-9-18)33(28,29)21-5-3-4-17(14-21)22(27)31-15-16-6-10-20(11-7-16)32-23(24)25/h3-14,23H,15H2,1-2H3. The Morgan fingerprint density at radius 2 is 1.61 bits per heavy atom. The monoisotopic (exact) mass is 477 g/mol. The Balaban J connectivity index is 1.70. The molecule has 0 aliphatic heterocycles. The number of carbonyl (C=O) groups excluding carboxylic acids is 1. The maximum absolute atomic E-state index is 13.0. The average molecular weight is 477 g/mol. The second kappa shape index (κ2) is 10.3. The van der Waals surface area contributed by atoms with E-state index in [1.807, 2.05) is 0 Å². The molecule has 0 N–H and O–H groups in total. The Hall–Kier alpha value is -3.66. The van der Waals surface area contributed by atoms with Gasteiger partial charge >= 0.3 is 12.6 Å². The van der Waals surface area contributed by atoms with Crippen LogP contribution in [0.3, 0.4) is 0 Å². The van der Waals surface area contributed by atoms with Crippen molar-refractivity contribution in [2.45, 2.75) is 18.1 Å². The number of carbonyl (C=O) groups is 1. The molecule has 0 aliphatic rings. The topological polar surface area (TPSA) is 82.1 Å². The molecule has 3 aromatic carbocycles. The van der Waals surface area contributed by atoms with Gasteiger partial charge in [-0.2, -0.15) is 8.78 Å². The number of rotatable bonds is 9. The van der Waals surface area contributed by atoms with E-state index in [4.69, 9.17) is 9.47 Å². The van der Waals surface area contributed by atoms with Crippen molar-refractivity contribution in [2.24, 2.45) is 0 Å². The molecule has 3 rings (SSSR count). The van der Waals surface area contributed by atoms with E-state index in [0.717, 1.165) is 4.31 Å². The first-order chi connectivity index (χ1) is 15.7. The lowest BCUT2D eigenvalue weighted by atomic mass is 10.2. The predicted octanol–water partition coefficient (Wildman–Crippen LogP) is 4.48. The molecule has 0 aliphatic carbocycles. The lowest BCUT2D eigenvalue weighted by molar-refractivity contribution is -0.0498. The van der Waals surface area contributed by atoms with E-state index in [0.29, 0.717) is 17.0 Å². The Morgan fingerprint density at radius 3 is 2.21 bits per heavy atom. The Kier molecular flexibility index (Phi) is 7.49. The van der Waals surface area contributed by atoms with Gasteiger partial charge in [-0.1, -0.05) is 18.2 Å². The molecule has 0 atom stereocenters. The van der Waals surface area contributed by atoms with Gasteiger partial charge in [0.25, 0.3) is 10.0 Å². The fraction of sp³-hybridized carbons (Fsp3) is 0.174. The van der Waals surface area contributed by atoms with E-state index < -0.39 is 22.6 Å².